The Morgan fingerprint density at radius 1 is 1.19 bits per heavy atom. The molecule has 0 saturated carbocycles. The Bertz CT molecular complexity index is 484. The van der Waals surface area contributed by atoms with Gasteiger partial charge in [-0.3, -0.25) is 9.88 Å². The zero-order valence-electron chi connectivity index (χ0n) is 12.8. The van der Waals surface area contributed by atoms with Crippen LogP contribution in [0.1, 0.15) is 49.1 Å². The predicted molar refractivity (Wildman–Crippen MR) is 83.4 cm³/mol. The van der Waals surface area contributed by atoms with Crippen LogP contribution in [-0.2, 0) is 11.2 Å². The van der Waals surface area contributed by atoms with Gasteiger partial charge in [0, 0.05) is 38.2 Å². The zero-order chi connectivity index (χ0) is 14.1. The van der Waals surface area contributed by atoms with Crippen molar-refractivity contribution in [3.63, 3.8) is 0 Å². The molecule has 0 amide bonds. The number of nitrogens with zero attached hydrogens (tertiary/aromatic N) is 2. The SMILES string of the molecule is c1cc2c(cn1)CCC2C[C@@H]1CCN(C2CCOCC2)C1. The highest BCUT2D eigenvalue weighted by Gasteiger charge is 2.32. The van der Waals surface area contributed by atoms with Crippen LogP contribution < -0.4 is 0 Å². The average Bonchev–Trinajstić information content (AvgIpc) is 3.17. The van der Waals surface area contributed by atoms with Gasteiger partial charge in [0.25, 0.3) is 0 Å². The Hall–Kier alpha value is -0.930. The molecule has 0 radical (unpaired) electrons. The Balaban J connectivity index is 1.35. The lowest BCUT2D eigenvalue weighted by molar-refractivity contribution is 0.0409. The molecule has 3 aliphatic rings. The van der Waals surface area contributed by atoms with Crippen LogP contribution in [0.2, 0.25) is 0 Å². The Labute approximate surface area is 127 Å². The van der Waals surface area contributed by atoms with Gasteiger partial charge in [-0.1, -0.05) is 0 Å². The summed E-state index contributed by atoms with van der Waals surface area (Å²) in [6.07, 6.45) is 11.9. The van der Waals surface area contributed by atoms with E-state index < -0.39 is 0 Å². The first kappa shape index (κ1) is 13.7. The third kappa shape index (κ3) is 2.86. The second kappa shape index (κ2) is 6.05. The summed E-state index contributed by atoms with van der Waals surface area (Å²) in [7, 11) is 0. The molecule has 2 fully saturated rings. The number of hydrogen-bond donors (Lipinski definition) is 0. The predicted octanol–water partition coefficient (Wildman–Crippen LogP) is 3.00. The van der Waals surface area contributed by atoms with E-state index in [0.29, 0.717) is 0 Å². The number of likely N-dealkylation sites (tertiary alicyclic amines) is 1. The van der Waals surface area contributed by atoms with Gasteiger partial charge in [-0.25, -0.2) is 0 Å². The highest BCUT2D eigenvalue weighted by molar-refractivity contribution is 5.32. The summed E-state index contributed by atoms with van der Waals surface area (Å²) in [5.41, 5.74) is 3.09. The van der Waals surface area contributed by atoms with E-state index in [1.807, 2.05) is 6.20 Å². The molecule has 21 heavy (non-hydrogen) atoms. The van der Waals surface area contributed by atoms with E-state index in [9.17, 15) is 0 Å². The molecule has 0 spiro atoms. The summed E-state index contributed by atoms with van der Waals surface area (Å²) in [5.74, 6) is 1.69. The first-order valence-corrected chi connectivity index (χ1v) is 8.65. The summed E-state index contributed by atoms with van der Waals surface area (Å²) < 4.78 is 5.50. The van der Waals surface area contributed by atoms with Crippen LogP contribution in [0.4, 0.5) is 0 Å². The van der Waals surface area contributed by atoms with Crippen LogP contribution in [0.3, 0.4) is 0 Å². The van der Waals surface area contributed by atoms with Crippen molar-refractivity contribution in [3.05, 3.63) is 29.6 Å². The molecule has 1 aromatic rings. The van der Waals surface area contributed by atoms with Crippen molar-refractivity contribution in [1.29, 1.82) is 0 Å². The summed E-state index contributed by atoms with van der Waals surface area (Å²) in [4.78, 5) is 7.02. The third-order valence-electron chi connectivity index (χ3n) is 5.79. The number of pyridine rings is 1. The molecule has 1 aromatic heterocycles. The summed E-state index contributed by atoms with van der Waals surface area (Å²) in [6, 6.07) is 3.06. The molecule has 4 rings (SSSR count). The maximum Gasteiger partial charge on any atom is 0.0480 e. The Morgan fingerprint density at radius 2 is 2.10 bits per heavy atom. The van der Waals surface area contributed by atoms with E-state index in [-0.39, 0.29) is 0 Å². The van der Waals surface area contributed by atoms with Crippen molar-refractivity contribution in [2.75, 3.05) is 26.3 Å². The normalized spacial score (nSPS) is 30.7. The van der Waals surface area contributed by atoms with Crippen molar-refractivity contribution < 1.29 is 4.74 Å². The molecule has 2 saturated heterocycles. The molecule has 3 heterocycles. The average molecular weight is 286 g/mol. The molecule has 1 unspecified atom stereocenters. The van der Waals surface area contributed by atoms with Gasteiger partial charge in [0.15, 0.2) is 0 Å². The van der Waals surface area contributed by atoms with E-state index >= 15 is 0 Å². The number of hydrogen-bond acceptors (Lipinski definition) is 3. The smallest absolute Gasteiger partial charge is 0.0480 e. The minimum Gasteiger partial charge on any atom is -0.381 e. The molecule has 0 aromatic carbocycles. The van der Waals surface area contributed by atoms with E-state index in [0.717, 1.165) is 31.1 Å². The lowest BCUT2D eigenvalue weighted by Gasteiger charge is -2.31. The quantitative estimate of drug-likeness (QED) is 0.854. The van der Waals surface area contributed by atoms with E-state index in [2.05, 4.69) is 22.1 Å². The molecule has 3 nitrogen and oxygen atoms in total. The van der Waals surface area contributed by atoms with E-state index in [1.54, 1.807) is 5.56 Å². The van der Waals surface area contributed by atoms with Gasteiger partial charge in [-0.05, 0) is 74.1 Å². The van der Waals surface area contributed by atoms with Crippen molar-refractivity contribution >= 4 is 0 Å². The highest BCUT2D eigenvalue weighted by atomic mass is 16.5. The number of aromatic nitrogens is 1. The van der Waals surface area contributed by atoms with Crippen molar-refractivity contribution in [2.24, 2.45) is 5.92 Å². The molecule has 2 atom stereocenters. The first-order valence-electron chi connectivity index (χ1n) is 8.65. The Morgan fingerprint density at radius 3 is 3.00 bits per heavy atom. The van der Waals surface area contributed by atoms with Gasteiger partial charge in [-0.2, -0.15) is 0 Å². The van der Waals surface area contributed by atoms with Crippen LogP contribution in [0.25, 0.3) is 0 Å². The summed E-state index contributed by atoms with van der Waals surface area (Å²) >= 11 is 0. The maximum absolute atomic E-state index is 5.50. The van der Waals surface area contributed by atoms with E-state index in [1.165, 1.54) is 57.2 Å². The lowest BCUT2D eigenvalue weighted by Crippen LogP contribution is -2.37. The van der Waals surface area contributed by atoms with Crippen LogP contribution in [-0.4, -0.2) is 42.2 Å². The van der Waals surface area contributed by atoms with Gasteiger partial charge in [-0.15, -0.1) is 0 Å². The van der Waals surface area contributed by atoms with Gasteiger partial charge >= 0.3 is 0 Å². The monoisotopic (exact) mass is 286 g/mol. The minimum atomic E-state index is 0.794. The molecule has 114 valence electrons. The molecule has 0 bridgehead atoms. The van der Waals surface area contributed by atoms with Crippen molar-refractivity contribution in [1.82, 2.24) is 9.88 Å². The second-order valence-corrected chi connectivity index (χ2v) is 7.04. The minimum absolute atomic E-state index is 0.794. The van der Waals surface area contributed by atoms with Crippen LogP contribution in [0.15, 0.2) is 18.5 Å². The third-order valence-corrected chi connectivity index (χ3v) is 5.79. The molecule has 1 aliphatic carbocycles. The number of aryl methyl sites for hydroxylation is 1. The second-order valence-electron chi connectivity index (χ2n) is 7.04. The fourth-order valence-electron chi connectivity index (χ4n) is 4.61. The zero-order valence-corrected chi connectivity index (χ0v) is 12.8. The number of rotatable bonds is 3. The van der Waals surface area contributed by atoms with Crippen LogP contribution in [0.5, 0.6) is 0 Å². The molecule has 3 heteroatoms. The maximum atomic E-state index is 5.50. The molecular formula is C18H26N2O. The molecule has 0 N–H and O–H groups in total. The van der Waals surface area contributed by atoms with Crippen molar-refractivity contribution in [2.45, 2.75) is 50.5 Å². The summed E-state index contributed by atoms with van der Waals surface area (Å²) in [6.45, 7) is 4.57. The number of ether oxygens (including phenoxy) is 1. The largest absolute Gasteiger partial charge is 0.381 e. The van der Waals surface area contributed by atoms with Crippen molar-refractivity contribution in [3.8, 4) is 0 Å². The van der Waals surface area contributed by atoms with Gasteiger partial charge in [0.1, 0.15) is 0 Å². The lowest BCUT2D eigenvalue weighted by atomic mass is 9.90. The van der Waals surface area contributed by atoms with Gasteiger partial charge in [0.2, 0.25) is 0 Å². The fraction of sp³-hybridized carbons (Fsp3) is 0.722. The summed E-state index contributed by atoms with van der Waals surface area (Å²) in [5, 5.41) is 0. The fourth-order valence-corrected chi connectivity index (χ4v) is 4.61. The van der Waals surface area contributed by atoms with Gasteiger partial charge < -0.3 is 4.74 Å². The highest BCUT2D eigenvalue weighted by Crippen LogP contribution is 2.39. The molecule has 2 aliphatic heterocycles. The number of fused-ring (bicyclic) bond motifs is 1. The first-order chi connectivity index (χ1) is 10.4. The van der Waals surface area contributed by atoms with Gasteiger partial charge in [0.05, 0.1) is 0 Å². The topological polar surface area (TPSA) is 25.4 Å². The van der Waals surface area contributed by atoms with Crippen LogP contribution >= 0.6 is 0 Å². The van der Waals surface area contributed by atoms with Crippen LogP contribution in [0, 0.1) is 5.92 Å². The van der Waals surface area contributed by atoms with E-state index in [4.69, 9.17) is 4.74 Å². The molecular weight excluding hydrogens is 260 g/mol. The standard InChI is InChI=1S/C18H26N2O/c1-2-16-12-19-7-3-18(16)15(1)11-14-4-8-20(13-14)17-5-9-21-10-6-17/h3,7,12,14-15,17H,1-2,4-6,8-11,13H2/t14-,15?/m0/s1. The Kier molecular flexibility index (Phi) is 3.95.